The zero-order valence-electron chi connectivity index (χ0n) is 9.19. The van der Waals surface area contributed by atoms with Crippen LogP contribution in [0.2, 0.25) is 0 Å². The molecule has 0 spiro atoms. The van der Waals surface area contributed by atoms with Crippen molar-refractivity contribution in [2.45, 2.75) is 26.3 Å². The summed E-state index contributed by atoms with van der Waals surface area (Å²) in [5, 5.41) is 1.03. The normalized spacial score (nSPS) is 12.3. The van der Waals surface area contributed by atoms with Crippen molar-refractivity contribution < 1.29 is 4.39 Å². The molecule has 0 amide bonds. The highest BCUT2D eigenvalue weighted by Crippen LogP contribution is 2.28. The maximum absolute atomic E-state index is 13.0. The highest BCUT2D eigenvalue weighted by Gasteiger charge is 2.20. The van der Waals surface area contributed by atoms with Gasteiger partial charge in [-0.2, -0.15) is 0 Å². The molecule has 2 nitrogen and oxygen atoms in total. The van der Waals surface area contributed by atoms with Crippen molar-refractivity contribution in [1.29, 1.82) is 0 Å². The van der Waals surface area contributed by atoms with Gasteiger partial charge in [-0.25, -0.2) is 4.39 Å². The summed E-state index contributed by atoms with van der Waals surface area (Å²) in [6, 6.07) is 4.75. The number of hydrogen-bond donors (Lipinski definition) is 2. The molecule has 0 aliphatic rings. The van der Waals surface area contributed by atoms with Crippen molar-refractivity contribution in [3.05, 3.63) is 35.3 Å². The van der Waals surface area contributed by atoms with Gasteiger partial charge in [-0.05, 0) is 44.5 Å². The second-order valence-corrected chi connectivity index (χ2v) is 4.54. The largest absolute Gasteiger partial charge is 0.357 e. The van der Waals surface area contributed by atoms with Crippen LogP contribution in [0.5, 0.6) is 0 Å². The van der Waals surface area contributed by atoms with Crippen molar-refractivity contribution in [2.75, 3.05) is 0 Å². The van der Waals surface area contributed by atoms with Gasteiger partial charge in [0, 0.05) is 16.6 Å². The molecule has 80 valence electrons. The number of hydrogen-bond acceptors (Lipinski definition) is 1. The zero-order chi connectivity index (χ0) is 11.2. The molecule has 1 aromatic heterocycles. The molecule has 3 N–H and O–H groups in total. The Kier molecular flexibility index (Phi) is 2.08. The molecule has 2 aromatic rings. The molecule has 0 atom stereocenters. The van der Waals surface area contributed by atoms with Crippen molar-refractivity contribution >= 4 is 10.9 Å². The summed E-state index contributed by atoms with van der Waals surface area (Å²) in [5.41, 5.74) is 8.47. The number of nitrogens with two attached hydrogens (primary N) is 1. The Morgan fingerprint density at radius 1 is 1.33 bits per heavy atom. The minimum absolute atomic E-state index is 0.231. The smallest absolute Gasteiger partial charge is 0.125 e. The molecule has 0 aliphatic carbocycles. The third-order valence-corrected chi connectivity index (χ3v) is 2.66. The Bertz CT molecular complexity index is 506. The molecule has 0 aliphatic heterocycles. The minimum atomic E-state index is -0.431. The number of nitrogens with one attached hydrogen (secondary N) is 1. The fourth-order valence-corrected chi connectivity index (χ4v) is 1.95. The van der Waals surface area contributed by atoms with E-state index in [1.165, 1.54) is 12.1 Å². The number of aromatic nitrogens is 1. The summed E-state index contributed by atoms with van der Waals surface area (Å²) >= 11 is 0. The van der Waals surface area contributed by atoms with Crippen LogP contribution in [0.4, 0.5) is 4.39 Å². The third-order valence-electron chi connectivity index (χ3n) is 2.66. The van der Waals surface area contributed by atoms with Gasteiger partial charge in [0.05, 0.1) is 5.54 Å². The van der Waals surface area contributed by atoms with E-state index < -0.39 is 5.54 Å². The van der Waals surface area contributed by atoms with E-state index in [-0.39, 0.29) is 5.82 Å². The summed E-state index contributed by atoms with van der Waals surface area (Å²) in [7, 11) is 0. The quantitative estimate of drug-likeness (QED) is 0.740. The molecule has 0 radical (unpaired) electrons. The van der Waals surface area contributed by atoms with E-state index in [1.807, 2.05) is 20.8 Å². The number of aromatic amines is 1. The van der Waals surface area contributed by atoms with Crippen molar-refractivity contribution in [2.24, 2.45) is 5.73 Å². The first-order valence-corrected chi connectivity index (χ1v) is 4.97. The van der Waals surface area contributed by atoms with Gasteiger partial charge in [0.25, 0.3) is 0 Å². The molecule has 1 heterocycles. The highest BCUT2D eigenvalue weighted by atomic mass is 19.1. The van der Waals surface area contributed by atoms with Crippen molar-refractivity contribution in [3.8, 4) is 0 Å². The fraction of sp³-hybridized carbons (Fsp3) is 0.333. The Balaban J connectivity index is 2.75. The summed E-state index contributed by atoms with van der Waals surface area (Å²) in [6.45, 7) is 5.86. The summed E-state index contributed by atoms with van der Waals surface area (Å²) in [4.78, 5) is 3.18. The maximum atomic E-state index is 13.0. The van der Waals surface area contributed by atoms with Gasteiger partial charge in [-0.1, -0.05) is 0 Å². The van der Waals surface area contributed by atoms with Crippen LogP contribution in [0.25, 0.3) is 10.9 Å². The molecular formula is C12H15FN2. The number of benzene rings is 1. The molecule has 0 unspecified atom stereocenters. The van der Waals surface area contributed by atoms with E-state index in [2.05, 4.69) is 4.98 Å². The van der Waals surface area contributed by atoms with E-state index in [0.29, 0.717) is 0 Å². The van der Waals surface area contributed by atoms with Crippen molar-refractivity contribution in [3.63, 3.8) is 0 Å². The highest BCUT2D eigenvalue weighted by molar-refractivity contribution is 5.84. The van der Waals surface area contributed by atoms with E-state index >= 15 is 0 Å². The Morgan fingerprint density at radius 2 is 2.00 bits per heavy atom. The molecule has 1 aromatic carbocycles. The first kappa shape index (κ1) is 10.2. The monoisotopic (exact) mass is 206 g/mol. The lowest BCUT2D eigenvalue weighted by molar-refractivity contribution is 0.536. The second kappa shape index (κ2) is 3.07. The maximum Gasteiger partial charge on any atom is 0.125 e. The zero-order valence-corrected chi connectivity index (χ0v) is 9.19. The van der Waals surface area contributed by atoms with E-state index in [1.54, 1.807) is 6.07 Å². The summed E-state index contributed by atoms with van der Waals surface area (Å²) < 4.78 is 13.0. The van der Waals surface area contributed by atoms with Crippen molar-refractivity contribution in [1.82, 2.24) is 4.98 Å². The van der Waals surface area contributed by atoms with Crippen LogP contribution in [0.1, 0.15) is 25.1 Å². The molecule has 3 heteroatoms. The number of H-pyrrole nitrogens is 1. The van der Waals surface area contributed by atoms with Crippen LogP contribution >= 0.6 is 0 Å². The lowest BCUT2D eigenvalue weighted by atomic mass is 9.98. The van der Waals surface area contributed by atoms with Crippen LogP contribution < -0.4 is 5.73 Å². The number of rotatable bonds is 1. The van der Waals surface area contributed by atoms with Gasteiger partial charge in [-0.15, -0.1) is 0 Å². The Hall–Kier alpha value is -1.35. The second-order valence-electron chi connectivity index (χ2n) is 4.54. The topological polar surface area (TPSA) is 41.8 Å². The molecule has 0 bridgehead atoms. The third kappa shape index (κ3) is 1.63. The molecule has 0 fully saturated rings. The number of fused-ring (bicyclic) bond motifs is 1. The Morgan fingerprint density at radius 3 is 2.60 bits per heavy atom. The summed E-state index contributed by atoms with van der Waals surface area (Å²) in [5.74, 6) is -0.231. The van der Waals surface area contributed by atoms with Gasteiger partial charge in [0.15, 0.2) is 0 Å². The number of aryl methyl sites for hydroxylation is 1. The predicted octanol–water partition coefficient (Wildman–Crippen LogP) is 2.81. The first-order valence-electron chi connectivity index (χ1n) is 4.97. The van der Waals surface area contributed by atoms with E-state index in [9.17, 15) is 4.39 Å². The van der Waals surface area contributed by atoms with E-state index in [4.69, 9.17) is 5.73 Å². The van der Waals surface area contributed by atoms with Gasteiger partial charge in [-0.3, -0.25) is 0 Å². The van der Waals surface area contributed by atoms with Gasteiger partial charge < -0.3 is 10.7 Å². The molecule has 0 saturated heterocycles. The SMILES string of the molecule is Cc1c(C(C)(C)N)[nH]c2cc(F)ccc12. The van der Waals surface area contributed by atoms with Gasteiger partial charge in [0.1, 0.15) is 5.82 Å². The van der Waals surface area contributed by atoms with Gasteiger partial charge in [0.2, 0.25) is 0 Å². The van der Waals surface area contributed by atoms with Crippen LogP contribution in [0.3, 0.4) is 0 Å². The van der Waals surface area contributed by atoms with Crippen LogP contribution in [0.15, 0.2) is 18.2 Å². The Labute approximate surface area is 88.3 Å². The molecule has 2 rings (SSSR count). The number of halogens is 1. The average Bonchev–Trinajstić information content (AvgIpc) is 2.42. The van der Waals surface area contributed by atoms with Crippen LogP contribution in [0, 0.1) is 12.7 Å². The standard InChI is InChI=1S/C12H15FN2/c1-7-9-5-4-8(13)6-10(9)15-11(7)12(2,3)14/h4-6,15H,14H2,1-3H3. The minimum Gasteiger partial charge on any atom is -0.357 e. The van der Waals surface area contributed by atoms with Gasteiger partial charge >= 0.3 is 0 Å². The fourth-order valence-electron chi connectivity index (χ4n) is 1.95. The van der Waals surface area contributed by atoms with Crippen LogP contribution in [-0.4, -0.2) is 4.98 Å². The molecule has 15 heavy (non-hydrogen) atoms. The molecule has 0 saturated carbocycles. The lowest BCUT2D eigenvalue weighted by Crippen LogP contribution is -2.29. The average molecular weight is 206 g/mol. The van der Waals surface area contributed by atoms with E-state index in [0.717, 1.165) is 22.2 Å². The molecular weight excluding hydrogens is 191 g/mol. The lowest BCUT2D eigenvalue weighted by Gasteiger charge is -2.18. The first-order chi connectivity index (χ1) is 6.89. The van der Waals surface area contributed by atoms with Crippen LogP contribution in [-0.2, 0) is 5.54 Å². The summed E-state index contributed by atoms with van der Waals surface area (Å²) in [6.07, 6.45) is 0. The predicted molar refractivity (Wildman–Crippen MR) is 60.2 cm³/mol.